The molecule has 0 bridgehead atoms. The van der Waals surface area contributed by atoms with E-state index in [1.54, 1.807) is 37.2 Å². The molecule has 4 aliphatic carbocycles. The van der Waals surface area contributed by atoms with Crippen LogP contribution in [0.2, 0.25) is 0 Å². The first-order chi connectivity index (χ1) is 17.0. The molecule has 36 heavy (non-hydrogen) atoms. The van der Waals surface area contributed by atoms with Gasteiger partial charge in [0.2, 0.25) is 0 Å². The van der Waals surface area contributed by atoms with E-state index < -0.39 is 22.7 Å². The van der Waals surface area contributed by atoms with E-state index in [4.69, 9.17) is 0 Å². The minimum Gasteiger partial charge on any atom is -0.377 e. The van der Waals surface area contributed by atoms with Gasteiger partial charge in [-0.15, -0.1) is 0 Å². The SMILES string of the molecule is CC(C)C#C[C@]1(O)CC[C@H]2[C@@H]3CCC4=CC(=O)CCC4=C3[C@@H](c3ccc(N(C)C)c(F)c3F)C[C@@]21C. The van der Waals surface area contributed by atoms with Crippen molar-refractivity contribution in [2.45, 2.75) is 77.2 Å². The molecule has 0 unspecified atom stereocenters. The molecule has 0 amide bonds. The standard InChI is InChI=1S/C31H37F2NO2/c1-18(2)12-14-31(36)15-13-25-23-8-6-19-16-20(35)7-9-21(19)27(23)24(17-30(25,31)3)22-10-11-26(34(4)5)29(33)28(22)32/h10-11,16,18,23-25,36H,6-9,13,15,17H2,1-5H3/t23-,24+,25-,30-,31-/m0/s1. The summed E-state index contributed by atoms with van der Waals surface area (Å²) in [6.07, 6.45) is 6.55. The zero-order valence-electron chi connectivity index (χ0n) is 22.0. The molecule has 1 N–H and O–H groups in total. The number of ketones is 1. The predicted octanol–water partition coefficient (Wildman–Crippen LogP) is 6.32. The van der Waals surface area contributed by atoms with Crippen LogP contribution in [0, 0.1) is 46.6 Å². The molecule has 5 heteroatoms. The molecule has 2 fully saturated rings. The zero-order chi connectivity index (χ0) is 26.0. The Morgan fingerprint density at radius 2 is 1.86 bits per heavy atom. The van der Waals surface area contributed by atoms with Gasteiger partial charge in [-0.3, -0.25) is 4.79 Å². The summed E-state index contributed by atoms with van der Waals surface area (Å²) in [5.74, 6) is 5.11. The number of fused-ring (bicyclic) bond motifs is 4. The van der Waals surface area contributed by atoms with Crippen molar-refractivity contribution in [3.63, 3.8) is 0 Å². The molecule has 0 spiro atoms. The summed E-state index contributed by atoms with van der Waals surface area (Å²) in [6.45, 7) is 6.15. The Morgan fingerprint density at radius 1 is 1.11 bits per heavy atom. The molecule has 0 heterocycles. The number of halogens is 2. The van der Waals surface area contributed by atoms with Crippen molar-refractivity contribution < 1.29 is 18.7 Å². The van der Waals surface area contributed by atoms with E-state index in [2.05, 4.69) is 18.8 Å². The lowest BCUT2D eigenvalue weighted by Gasteiger charge is -2.53. The van der Waals surface area contributed by atoms with Crippen molar-refractivity contribution in [3.05, 3.63) is 52.1 Å². The fraction of sp³-hybridized carbons (Fsp3) is 0.581. The van der Waals surface area contributed by atoms with Gasteiger partial charge in [-0.25, -0.2) is 8.78 Å². The Balaban J connectivity index is 1.71. The molecule has 0 aliphatic heterocycles. The number of aliphatic hydroxyl groups is 1. The van der Waals surface area contributed by atoms with Gasteiger partial charge in [0.15, 0.2) is 17.4 Å². The molecule has 1 aromatic rings. The second kappa shape index (κ2) is 8.84. The van der Waals surface area contributed by atoms with Crippen LogP contribution in [0.4, 0.5) is 14.5 Å². The van der Waals surface area contributed by atoms with Gasteiger partial charge in [0.05, 0.1) is 5.69 Å². The van der Waals surface area contributed by atoms with Crippen LogP contribution in [-0.2, 0) is 4.79 Å². The number of carbonyl (C=O) groups excluding carboxylic acids is 1. The van der Waals surface area contributed by atoms with Crippen LogP contribution in [0.15, 0.2) is 34.9 Å². The Kier molecular flexibility index (Phi) is 6.19. The van der Waals surface area contributed by atoms with Crippen LogP contribution in [0.25, 0.3) is 0 Å². The van der Waals surface area contributed by atoms with Crippen molar-refractivity contribution in [2.24, 2.45) is 23.2 Å². The third-order valence-corrected chi connectivity index (χ3v) is 9.40. The van der Waals surface area contributed by atoms with Crippen molar-refractivity contribution in [2.75, 3.05) is 19.0 Å². The average Bonchev–Trinajstić information content (AvgIpc) is 3.09. The summed E-state index contributed by atoms with van der Waals surface area (Å²) >= 11 is 0. The molecule has 0 saturated heterocycles. The highest BCUT2D eigenvalue weighted by Gasteiger charge is 2.62. The third-order valence-electron chi connectivity index (χ3n) is 9.40. The second-order valence-corrected chi connectivity index (χ2v) is 12.0. The predicted molar refractivity (Wildman–Crippen MR) is 139 cm³/mol. The molecule has 1 aromatic carbocycles. The summed E-state index contributed by atoms with van der Waals surface area (Å²) in [5, 5.41) is 11.9. The van der Waals surface area contributed by atoms with Crippen LogP contribution < -0.4 is 4.90 Å². The molecule has 3 nitrogen and oxygen atoms in total. The molecule has 2 saturated carbocycles. The number of nitrogens with zero attached hydrogens (tertiary/aromatic N) is 1. The summed E-state index contributed by atoms with van der Waals surface area (Å²) in [5.41, 5.74) is 2.31. The molecule has 4 aliphatic rings. The highest BCUT2D eigenvalue weighted by molar-refractivity contribution is 5.93. The van der Waals surface area contributed by atoms with E-state index in [1.165, 1.54) is 11.1 Å². The lowest BCUT2D eigenvalue weighted by Crippen LogP contribution is -2.51. The molecule has 192 valence electrons. The van der Waals surface area contributed by atoms with E-state index >= 15 is 8.78 Å². The Labute approximate surface area is 213 Å². The maximum absolute atomic E-state index is 15.8. The lowest BCUT2D eigenvalue weighted by molar-refractivity contribution is -0.114. The first kappa shape index (κ1) is 25.2. The Bertz CT molecular complexity index is 1230. The fourth-order valence-corrected chi connectivity index (χ4v) is 7.58. The minimum absolute atomic E-state index is 0.140. The number of rotatable bonds is 2. The maximum Gasteiger partial charge on any atom is 0.182 e. The number of benzene rings is 1. The molecular weight excluding hydrogens is 456 g/mol. The van der Waals surface area contributed by atoms with Gasteiger partial charge in [-0.05, 0) is 79.2 Å². The number of allylic oxidation sites excluding steroid dienone is 4. The summed E-state index contributed by atoms with van der Waals surface area (Å²) in [6, 6.07) is 3.39. The van der Waals surface area contributed by atoms with Crippen molar-refractivity contribution >= 4 is 11.5 Å². The molecule has 5 rings (SSSR count). The first-order valence-corrected chi connectivity index (χ1v) is 13.3. The van der Waals surface area contributed by atoms with Crippen LogP contribution in [0.3, 0.4) is 0 Å². The van der Waals surface area contributed by atoms with Gasteiger partial charge >= 0.3 is 0 Å². The highest BCUT2D eigenvalue weighted by Crippen LogP contribution is 2.66. The Hall–Kier alpha value is -2.45. The van der Waals surface area contributed by atoms with Crippen LogP contribution in [0.5, 0.6) is 0 Å². The smallest absolute Gasteiger partial charge is 0.182 e. The van der Waals surface area contributed by atoms with E-state index in [-0.39, 0.29) is 35.1 Å². The van der Waals surface area contributed by atoms with Crippen molar-refractivity contribution in [3.8, 4) is 11.8 Å². The summed E-state index contributed by atoms with van der Waals surface area (Å²) in [4.78, 5) is 13.8. The van der Waals surface area contributed by atoms with E-state index in [0.29, 0.717) is 31.2 Å². The fourth-order valence-electron chi connectivity index (χ4n) is 7.58. The van der Waals surface area contributed by atoms with E-state index in [1.807, 2.05) is 13.8 Å². The highest BCUT2D eigenvalue weighted by atomic mass is 19.2. The normalized spacial score (nSPS) is 33.4. The van der Waals surface area contributed by atoms with Gasteiger partial charge in [0.25, 0.3) is 0 Å². The number of hydrogen-bond donors (Lipinski definition) is 1. The molecular formula is C31H37F2NO2. The van der Waals surface area contributed by atoms with Gasteiger partial charge in [0, 0.05) is 37.8 Å². The van der Waals surface area contributed by atoms with Gasteiger partial charge in [0.1, 0.15) is 5.60 Å². The van der Waals surface area contributed by atoms with Crippen molar-refractivity contribution in [1.82, 2.24) is 0 Å². The summed E-state index contributed by atoms with van der Waals surface area (Å²) < 4.78 is 31.0. The van der Waals surface area contributed by atoms with E-state index in [9.17, 15) is 9.90 Å². The molecule has 0 radical (unpaired) electrons. The number of anilines is 1. The van der Waals surface area contributed by atoms with Gasteiger partial charge in [-0.1, -0.05) is 44.3 Å². The molecule has 0 aromatic heterocycles. The topological polar surface area (TPSA) is 40.5 Å². The Morgan fingerprint density at radius 3 is 2.56 bits per heavy atom. The van der Waals surface area contributed by atoms with Gasteiger partial charge in [-0.2, -0.15) is 0 Å². The largest absolute Gasteiger partial charge is 0.377 e. The van der Waals surface area contributed by atoms with Crippen LogP contribution in [0.1, 0.15) is 77.2 Å². The van der Waals surface area contributed by atoms with E-state index in [0.717, 1.165) is 24.8 Å². The lowest BCUT2D eigenvalue weighted by atomic mass is 9.51. The third kappa shape index (κ3) is 3.76. The van der Waals surface area contributed by atoms with Crippen LogP contribution in [-0.4, -0.2) is 30.6 Å². The maximum atomic E-state index is 15.8. The summed E-state index contributed by atoms with van der Waals surface area (Å²) in [7, 11) is 3.40. The number of hydrogen-bond acceptors (Lipinski definition) is 3. The average molecular weight is 494 g/mol. The first-order valence-electron chi connectivity index (χ1n) is 13.3. The van der Waals surface area contributed by atoms with Crippen LogP contribution >= 0.6 is 0 Å². The molecule has 5 atom stereocenters. The second-order valence-electron chi connectivity index (χ2n) is 12.0. The van der Waals surface area contributed by atoms with Crippen molar-refractivity contribution in [1.29, 1.82) is 0 Å². The zero-order valence-corrected chi connectivity index (χ0v) is 22.0. The van der Waals surface area contributed by atoms with Gasteiger partial charge < -0.3 is 10.0 Å². The minimum atomic E-state index is -1.16. The monoisotopic (exact) mass is 493 g/mol. The number of carbonyl (C=O) groups is 1. The quantitative estimate of drug-likeness (QED) is 0.490.